The summed E-state index contributed by atoms with van der Waals surface area (Å²) < 4.78 is 0. The smallest absolute Gasteiger partial charge is 0.326 e. The number of hydrogen-bond donors (Lipinski definition) is 2. The molecule has 0 saturated carbocycles. The van der Waals surface area contributed by atoms with Gasteiger partial charge in [0.05, 0.1) is 17.4 Å². The van der Waals surface area contributed by atoms with E-state index in [2.05, 4.69) is 10.3 Å². The van der Waals surface area contributed by atoms with E-state index in [9.17, 15) is 4.79 Å². The summed E-state index contributed by atoms with van der Waals surface area (Å²) in [5, 5.41) is 20.7. The molecule has 1 rings (SSSR count). The van der Waals surface area contributed by atoms with Crippen LogP contribution >= 0.6 is 0 Å². The number of hydrogen-bond acceptors (Lipinski definition) is 4. The maximum absolute atomic E-state index is 11.0. The molecule has 2 N–H and O–H groups in total. The van der Waals surface area contributed by atoms with Gasteiger partial charge in [0.2, 0.25) is 0 Å². The van der Waals surface area contributed by atoms with Gasteiger partial charge in [-0.3, -0.25) is 4.98 Å². The number of nitrogens with one attached hydrogen (secondary N) is 1. The predicted molar refractivity (Wildman–Crippen MR) is 58.8 cm³/mol. The van der Waals surface area contributed by atoms with Crippen LogP contribution in [0.5, 0.6) is 0 Å². The topological polar surface area (TPSA) is 86.0 Å². The number of carboxylic acids is 1. The fourth-order valence-corrected chi connectivity index (χ4v) is 1.29. The van der Waals surface area contributed by atoms with Crippen LogP contribution in [0.1, 0.15) is 19.4 Å². The van der Waals surface area contributed by atoms with Crippen LogP contribution in [0.2, 0.25) is 0 Å². The number of rotatable bonds is 4. The largest absolute Gasteiger partial charge is 0.480 e. The molecule has 1 aromatic rings. The van der Waals surface area contributed by atoms with Crippen LogP contribution in [0.4, 0.5) is 5.69 Å². The monoisotopic (exact) mass is 219 g/mol. The lowest BCUT2D eigenvalue weighted by molar-refractivity contribution is -0.138. The zero-order valence-electron chi connectivity index (χ0n) is 9.14. The lowest BCUT2D eigenvalue weighted by Gasteiger charge is -2.19. The van der Waals surface area contributed by atoms with Crippen molar-refractivity contribution >= 4 is 11.7 Å². The first kappa shape index (κ1) is 12.0. The molecule has 0 aliphatic rings. The van der Waals surface area contributed by atoms with Crippen molar-refractivity contribution in [3.8, 4) is 6.07 Å². The SMILES string of the molecule is CC(C)C(Nc1cnccc1C#N)C(=O)O. The number of anilines is 1. The van der Waals surface area contributed by atoms with Crippen molar-refractivity contribution < 1.29 is 9.90 Å². The van der Waals surface area contributed by atoms with E-state index >= 15 is 0 Å². The highest BCUT2D eigenvalue weighted by Gasteiger charge is 2.21. The first-order valence-electron chi connectivity index (χ1n) is 4.89. The minimum absolute atomic E-state index is 0.0794. The van der Waals surface area contributed by atoms with Gasteiger partial charge in [-0.1, -0.05) is 13.8 Å². The first-order chi connectivity index (χ1) is 7.56. The lowest BCUT2D eigenvalue weighted by Crippen LogP contribution is -2.34. The summed E-state index contributed by atoms with van der Waals surface area (Å²) >= 11 is 0. The molecule has 0 aliphatic carbocycles. The zero-order chi connectivity index (χ0) is 12.1. The van der Waals surface area contributed by atoms with Crippen LogP contribution in [0.3, 0.4) is 0 Å². The highest BCUT2D eigenvalue weighted by Crippen LogP contribution is 2.16. The Kier molecular flexibility index (Phi) is 3.84. The average molecular weight is 219 g/mol. The molecule has 16 heavy (non-hydrogen) atoms. The molecule has 0 aliphatic heterocycles. The number of pyridine rings is 1. The van der Waals surface area contributed by atoms with E-state index in [0.29, 0.717) is 11.3 Å². The van der Waals surface area contributed by atoms with Crippen molar-refractivity contribution in [2.24, 2.45) is 5.92 Å². The standard InChI is InChI=1S/C11H13N3O2/c1-7(2)10(11(15)16)14-9-6-13-4-3-8(9)5-12/h3-4,6-7,10,14H,1-2H3,(H,15,16). The molecular weight excluding hydrogens is 206 g/mol. The zero-order valence-corrected chi connectivity index (χ0v) is 9.14. The van der Waals surface area contributed by atoms with Crippen molar-refractivity contribution in [1.82, 2.24) is 4.98 Å². The summed E-state index contributed by atoms with van der Waals surface area (Å²) in [6.45, 7) is 3.60. The van der Waals surface area contributed by atoms with E-state index < -0.39 is 12.0 Å². The van der Waals surface area contributed by atoms with Crippen molar-refractivity contribution in [3.63, 3.8) is 0 Å². The number of aliphatic carboxylic acids is 1. The molecule has 1 heterocycles. The Labute approximate surface area is 93.7 Å². The molecule has 0 spiro atoms. The van der Waals surface area contributed by atoms with Crippen LogP contribution in [0.15, 0.2) is 18.5 Å². The van der Waals surface area contributed by atoms with Gasteiger partial charge < -0.3 is 10.4 Å². The summed E-state index contributed by atoms with van der Waals surface area (Å²) in [4.78, 5) is 14.8. The van der Waals surface area contributed by atoms with Crippen LogP contribution in [0, 0.1) is 17.2 Å². The normalized spacial score (nSPS) is 11.9. The molecule has 0 bridgehead atoms. The van der Waals surface area contributed by atoms with Gasteiger partial charge in [0.1, 0.15) is 12.1 Å². The molecule has 0 fully saturated rings. The maximum atomic E-state index is 11.0. The number of carbonyl (C=O) groups is 1. The molecule has 0 radical (unpaired) electrons. The molecule has 5 heteroatoms. The van der Waals surface area contributed by atoms with Gasteiger partial charge in [0.25, 0.3) is 0 Å². The van der Waals surface area contributed by atoms with Gasteiger partial charge in [0.15, 0.2) is 0 Å². The van der Waals surface area contributed by atoms with Crippen molar-refractivity contribution in [1.29, 1.82) is 5.26 Å². The Balaban J connectivity index is 2.94. The van der Waals surface area contributed by atoms with E-state index in [-0.39, 0.29) is 5.92 Å². The molecule has 5 nitrogen and oxygen atoms in total. The third-order valence-electron chi connectivity index (χ3n) is 2.19. The van der Waals surface area contributed by atoms with Gasteiger partial charge >= 0.3 is 5.97 Å². The lowest BCUT2D eigenvalue weighted by atomic mass is 10.0. The highest BCUT2D eigenvalue weighted by atomic mass is 16.4. The first-order valence-corrected chi connectivity index (χ1v) is 4.89. The second-order valence-corrected chi connectivity index (χ2v) is 3.74. The van der Waals surface area contributed by atoms with E-state index in [1.807, 2.05) is 6.07 Å². The minimum atomic E-state index is -0.942. The average Bonchev–Trinajstić information content (AvgIpc) is 2.25. The number of nitrogens with zero attached hydrogens (tertiary/aromatic N) is 2. The Bertz CT molecular complexity index is 423. The van der Waals surface area contributed by atoms with Crippen molar-refractivity contribution in [3.05, 3.63) is 24.0 Å². The molecule has 1 unspecified atom stereocenters. The summed E-state index contributed by atoms with van der Waals surface area (Å²) in [6, 6.07) is 2.80. The molecule has 1 atom stereocenters. The van der Waals surface area contributed by atoms with Gasteiger partial charge in [-0.05, 0) is 12.0 Å². The van der Waals surface area contributed by atoms with Crippen molar-refractivity contribution in [2.45, 2.75) is 19.9 Å². The summed E-state index contributed by atoms with van der Waals surface area (Å²) in [7, 11) is 0. The molecular formula is C11H13N3O2. The van der Waals surface area contributed by atoms with E-state index in [0.717, 1.165) is 0 Å². The second-order valence-electron chi connectivity index (χ2n) is 3.74. The summed E-state index contributed by atoms with van der Waals surface area (Å²) in [5.74, 6) is -1.02. The van der Waals surface area contributed by atoms with Gasteiger partial charge in [0, 0.05) is 6.20 Å². The quantitative estimate of drug-likeness (QED) is 0.800. The Morgan fingerprint density at radius 2 is 2.31 bits per heavy atom. The third kappa shape index (κ3) is 2.70. The molecule has 0 amide bonds. The van der Waals surface area contributed by atoms with E-state index in [1.54, 1.807) is 19.9 Å². The number of nitriles is 1. The number of carboxylic acid groups (broad SMARTS) is 1. The van der Waals surface area contributed by atoms with Gasteiger partial charge in [-0.15, -0.1) is 0 Å². The van der Waals surface area contributed by atoms with E-state index in [1.165, 1.54) is 12.4 Å². The van der Waals surface area contributed by atoms with Crippen LogP contribution in [-0.2, 0) is 4.79 Å². The molecule has 1 aromatic heterocycles. The summed E-state index contributed by atoms with van der Waals surface area (Å²) in [5.41, 5.74) is 0.841. The molecule has 84 valence electrons. The predicted octanol–water partition coefficient (Wildman–Crippen LogP) is 1.47. The Hall–Kier alpha value is -2.09. The van der Waals surface area contributed by atoms with Crippen LogP contribution < -0.4 is 5.32 Å². The molecule has 0 saturated heterocycles. The number of aromatic nitrogens is 1. The van der Waals surface area contributed by atoms with Crippen molar-refractivity contribution in [2.75, 3.05) is 5.32 Å². The van der Waals surface area contributed by atoms with Crippen LogP contribution in [-0.4, -0.2) is 22.1 Å². The highest BCUT2D eigenvalue weighted by molar-refractivity contribution is 5.78. The summed E-state index contributed by atoms with van der Waals surface area (Å²) in [6.07, 6.45) is 2.95. The maximum Gasteiger partial charge on any atom is 0.326 e. The van der Waals surface area contributed by atoms with E-state index in [4.69, 9.17) is 10.4 Å². The fraction of sp³-hybridized carbons (Fsp3) is 0.364. The Morgan fingerprint density at radius 1 is 1.62 bits per heavy atom. The second kappa shape index (κ2) is 5.12. The van der Waals surface area contributed by atoms with Gasteiger partial charge in [-0.25, -0.2) is 4.79 Å². The van der Waals surface area contributed by atoms with Crippen LogP contribution in [0.25, 0.3) is 0 Å². The molecule has 0 aromatic carbocycles. The Morgan fingerprint density at radius 3 is 2.81 bits per heavy atom. The minimum Gasteiger partial charge on any atom is -0.480 e. The van der Waals surface area contributed by atoms with Gasteiger partial charge in [-0.2, -0.15) is 5.26 Å². The fourth-order valence-electron chi connectivity index (χ4n) is 1.29. The third-order valence-corrected chi connectivity index (χ3v) is 2.19.